The zero-order chi connectivity index (χ0) is 16.4. The molecule has 0 aliphatic carbocycles. The van der Waals surface area contributed by atoms with Gasteiger partial charge in [-0.3, -0.25) is 4.98 Å². The van der Waals surface area contributed by atoms with Crippen molar-refractivity contribution >= 4 is 11.3 Å². The Labute approximate surface area is 142 Å². The molecule has 6 nitrogen and oxygen atoms in total. The summed E-state index contributed by atoms with van der Waals surface area (Å²) >= 11 is 1.67. The number of hydrogen-bond acceptors (Lipinski definition) is 7. The average Bonchev–Trinajstić information content (AvgIpc) is 3.32. The van der Waals surface area contributed by atoms with Gasteiger partial charge >= 0.3 is 0 Å². The minimum atomic E-state index is 0.352. The summed E-state index contributed by atoms with van der Waals surface area (Å²) in [5.41, 5.74) is 3.43. The van der Waals surface area contributed by atoms with Gasteiger partial charge in [-0.05, 0) is 12.5 Å². The van der Waals surface area contributed by atoms with Gasteiger partial charge in [-0.1, -0.05) is 30.3 Å². The molecule has 0 fully saturated rings. The van der Waals surface area contributed by atoms with Crippen molar-refractivity contribution in [1.29, 1.82) is 0 Å². The summed E-state index contributed by atoms with van der Waals surface area (Å²) < 4.78 is 5.30. The van der Waals surface area contributed by atoms with Crippen LogP contribution in [0.2, 0.25) is 0 Å². The van der Waals surface area contributed by atoms with Crippen molar-refractivity contribution in [3.63, 3.8) is 0 Å². The Morgan fingerprint density at radius 2 is 2.00 bits per heavy atom. The highest BCUT2D eigenvalue weighted by atomic mass is 32.1. The van der Waals surface area contributed by atoms with E-state index in [0.717, 1.165) is 28.2 Å². The molecule has 0 amide bonds. The standard InChI is InChI=1S/C17H13N5OS/c1-2-15-20-14(10-24-15)11-4-3-5-12(8-11)16-21-17(23-22-16)13-9-18-6-7-19-13/h3-10H,2H2,1H3. The van der Waals surface area contributed by atoms with Crippen molar-refractivity contribution in [2.24, 2.45) is 0 Å². The highest BCUT2D eigenvalue weighted by Gasteiger charge is 2.13. The van der Waals surface area contributed by atoms with E-state index in [2.05, 4.69) is 37.4 Å². The van der Waals surface area contributed by atoms with Gasteiger partial charge in [0.1, 0.15) is 5.69 Å². The number of benzene rings is 1. The molecule has 0 radical (unpaired) electrons. The number of nitrogens with zero attached hydrogens (tertiary/aromatic N) is 5. The summed E-state index contributed by atoms with van der Waals surface area (Å²) in [6.07, 6.45) is 5.72. The number of hydrogen-bond donors (Lipinski definition) is 0. The van der Waals surface area contributed by atoms with Crippen LogP contribution in [-0.4, -0.2) is 25.1 Å². The first-order valence-electron chi connectivity index (χ1n) is 7.49. The molecule has 118 valence electrons. The number of thiazole rings is 1. The van der Waals surface area contributed by atoms with Crippen LogP contribution in [0.4, 0.5) is 0 Å². The predicted octanol–water partition coefficient (Wildman–Crippen LogP) is 3.88. The monoisotopic (exact) mass is 335 g/mol. The molecule has 0 saturated heterocycles. The Bertz CT molecular complexity index is 964. The lowest BCUT2D eigenvalue weighted by molar-refractivity contribution is 0.431. The second kappa shape index (κ2) is 6.29. The van der Waals surface area contributed by atoms with Crippen molar-refractivity contribution in [1.82, 2.24) is 25.1 Å². The summed E-state index contributed by atoms with van der Waals surface area (Å²) in [6, 6.07) is 7.96. The van der Waals surface area contributed by atoms with Gasteiger partial charge in [-0.2, -0.15) is 4.98 Å². The Morgan fingerprint density at radius 1 is 1.08 bits per heavy atom. The van der Waals surface area contributed by atoms with Crippen LogP contribution < -0.4 is 0 Å². The Kier molecular flexibility index (Phi) is 3.84. The maximum absolute atomic E-state index is 5.30. The van der Waals surface area contributed by atoms with Crippen molar-refractivity contribution < 1.29 is 4.52 Å². The minimum absolute atomic E-state index is 0.352. The van der Waals surface area contributed by atoms with Gasteiger partial charge in [0, 0.05) is 28.9 Å². The fraction of sp³-hybridized carbons (Fsp3) is 0.118. The number of rotatable bonds is 4. The SMILES string of the molecule is CCc1nc(-c2cccc(-c3noc(-c4cnccn4)n3)c2)cs1. The van der Waals surface area contributed by atoms with E-state index in [-0.39, 0.29) is 0 Å². The van der Waals surface area contributed by atoms with E-state index in [4.69, 9.17) is 4.52 Å². The van der Waals surface area contributed by atoms with Crippen LogP contribution >= 0.6 is 11.3 Å². The summed E-state index contributed by atoms with van der Waals surface area (Å²) in [6.45, 7) is 2.10. The molecule has 4 rings (SSSR count). The van der Waals surface area contributed by atoms with Gasteiger partial charge in [0.2, 0.25) is 5.82 Å². The van der Waals surface area contributed by atoms with E-state index in [0.29, 0.717) is 17.4 Å². The van der Waals surface area contributed by atoms with Crippen LogP contribution in [0, 0.1) is 0 Å². The molecule has 4 aromatic rings. The molecule has 1 aromatic carbocycles. The molecular formula is C17H13N5OS. The molecule has 0 aliphatic heterocycles. The molecule has 24 heavy (non-hydrogen) atoms. The lowest BCUT2D eigenvalue weighted by atomic mass is 10.1. The largest absolute Gasteiger partial charge is 0.332 e. The van der Waals surface area contributed by atoms with Crippen LogP contribution in [-0.2, 0) is 6.42 Å². The second-order valence-corrected chi connectivity index (χ2v) is 6.02. The minimum Gasteiger partial charge on any atom is -0.332 e. The van der Waals surface area contributed by atoms with E-state index in [1.807, 2.05) is 24.3 Å². The van der Waals surface area contributed by atoms with Gasteiger partial charge < -0.3 is 4.52 Å². The fourth-order valence-electron chi connectivity index (χ4n) is 2.28. The molecular weight excluding hydrogens is 322 g/mol. The van der Waals surface area contributed by atoms with Gasteiger partial charge in [-0.15, -0.1) is 11.3 Å². The molecule has 3 heterocycles. The quantitative estimate of drug-likeness (QED) is 0.563. The van der Waals surface area contributed by atoms with E-state index in [9.17, 15) is 0 Å². The third-order valence-corrected chi connectivity index (χ3v) is 4.47. The maximum Gasteiger partial charge on any atom is 0.278 e. The summed E-state index contributed by atoms with van der Waals surface area (Å²) in [5, 5.41) is 7.24. The van der Waals surface area contributed by atoms with E-state index >= 15 is 0 Å². The van der Waals surface area contributed by atoms with Crippen molar-refractivity contribution in [2.75, 3.05) is 0 Å². The lowest BCUT2D eigenvalue weighted by Gasteiger charge is -1.99. The first-order chi connectivity index (χ1) is 11.8. The highest BCUT2D eigenvalue weighted by Crippen LogP contribution is 2.27. The fourth-order valence-corrected chi connectivity index (χ4v) is 3.03. The summed E-state index contributed by atoms with van der Waals surface area (Å²) in [5.74, 6) is 0.869. The lowest BCUT2D eigenvalue weighted by Crippen LogP contribution is -1.86. The maximum atomic E-state index is 5.30. The van der Waals surface area contributed by atoms with Crippen LogP contribution in [0.5, 0.6) is 0 Å². The molecule has 0 saturated carbocycles. The molecule has 3 aromatic heterocycles. The number of aryl methyl sites for hydroxylation is 1. The molecule has 0 unspecified atom stereocenters. The molecule has 0 N–H and O–H groups in total. The van der Waals surface area contributed by atoms with E-state index in [1.54, 1.807) is 29.9 Å². The van der Waals surface area contributed by atoms with Crippen LogP contribution in [0.1, 0.15) is 11.9 Å². The number of aromatic nitrogens is 5. The van der Waals surface area contributed by atoms with Gasteiger partial charge in [0.25, 0.3) is 5.89 Å². The topological polar surface area (TPSA) is 77.6 Å². The van der Waals surface area contributed by atoms with Crippen LogP contribution in [0.3, 0.4) is 0 Å². The molecule has 0 spiro atoms. The Morgan fingerprint density at radius 3 is 2.79 bits per heavy atom. The average molecular weight is 335 g/mol. The normalized spacial score (nSPS) is 10.9. The first kappa shape index (κ1) is 14.6. The van der Waals surface area contributed by atoms with Crippen LogP contribution in [0.15, 0.2) is 52.8 Å². The summed E-state index contributed by atoms with van der Waals surface area (Å²) in [4.78, 5) is 17.2. The van der Waals surface area contributed by atoms with Crippen LogP contribution in [0.25, 0.3) is 34.2 Å². The second-order valence-electron chi connectivity index (χ2n) is 5.07. The first-order valence-corrected chi connectivity index (χ1v) is 8.37. The third-order valence-electron chi connectivity index (χ3n) is 3.48. The van der Waals surface area contributed by atoms with Gasteiger partial charge in [0.05, 0.1) is 16.9 Å². The van der Waals surface area contributed by atoms with E-state index < -0.39 is 0 Å². The molecule has 0 aliphatic rings. The Balaban J connectivity index is 1.68. The zero-order valence-electron chi connectivity index (χ0n) is 12.9. The van der Waals surface area contributed by atoms with Crippen molar-refractivity contribution in [3.05, 3.63) is 53.2 Å². The molecule has 0 atom stereocenters. The van der Waals surface area contributed by atoms with Gasteiger partial charge in [0.15, 0.2) is 0 Å². The summed E-state index contributed by atoms with van der Waals surface area (Å²) in [7, 11) is 0. The van der Waals surface area contributed by atoms with Gasteiger partial charge in [-0.25, -0.2) is 9.97 Å². The Hall–Kier alpha value is -2.93. The predicted molar refractivity (Wildman–Crippen MR) is 91.2 cm³/mol. The third kappa shape index (κ3) is 2.81. The molecule has 7 heteroatoms. The zero-order valence-corrected chi connectivity index (χ0v) is 13.7. The highest BCUT2D eigenvalue weighted by molar-refractivity contribution is 7.09. The molecule has 0 bridgehead atoms. The van der Waals surface area contributed by atoms with E-state index in [1.165, 1.54) is 0 Å². The van der Waals surface area contributed by atoms with Crippen molar-refractivity contribution in [3.8, 4) is 34.2 Å². The van der Waals surface area contributed by atoms with Crippen molar-refractivity contribution in [2.45, 2.75) is 13.3 Å². The smallest absolute Gasteiger partial charge is 0.278 e.